The Bertz CT molecular complexity index is 1090. The van der Waals surface area contributed by atoms with Gasteiger partial charge in [0.05, 0.1) is 5.56 Å². The van der Waals surface area contributed by atoms with Crippen LogP contribution in [-0.4, -0.2) is 17.0 Å². The van der Waals surface area contributed by atoms with E-state index in [9.17, 15) is 14.9 Å². The molecule has 138 valence electrons. The largest absolute Gasteiger partial charge is 0.478 e. The van der Waals surface area contributed by atoms with Crippen molar-refractivity contribution in [3.63, 3.8) is 0 Å². The Morgan fingerprint density at radius 3 is 2.32 bits per heavy atom. The number of nitrogens with zero attached hydrogens (tertiary/aromatic N) is 1. The lowest BCUT2D eigenvalue weighted by atomic mass is 10.1. The minimum atomic E-state index is -1.01. The molecule has 0 saturated heterocycles. The fourth-order valence-corrected chi connectivity index (χ4v) is 2.51. The third-order valence-electron chi connectivity index (χ3n) is 3.80. The summed E-state index contributed by atoms with van der Waals surface area (Å²) in [5.41, 5.74) is 1.22. The molecule has 0 saturated carbocycles. The highest BCUT2D eigenvalue weighted by atomic mass is 35.5. The molecule has 1 heterocycles. The molecule has 7 heteroatoms. The molecule has 1 amide bonds. The van der Waals surface area contributed by atoms with Crippen LogP contribution in [0.4, 0.5) is 5.69 Å². The Morgan fingerprint density at radius 1 is 1.04 bits per heavy atom. The molecule has 0 radical (unpaired) electrons. The first-order valence-electron chi connectivity index (χ1n) is 8.08. The second kappa shape index (κ2) is 8.25. The second-order valence-corrected chi connectivity index (χ2v) is 6.15. The smallest absolute Gasteiger partial charge is 0.335 e. The summed E-state index contributed by atoms with van der Waals surface area (Å²) in [5, 5.41) is 21.4. The summed E-state index contributed by atoms with van der Waals surface area (Å²) in [5.74, 6) is -0.785. The predicted molar refractivity (Wildman–Crippen MR) is 105 cm³/mol. The summed E-state index contributed by atoms with van der Waals surface area (Å²) in [7, 11) is 0. The van der Waals surface area contributed by atoms with Crippen molar-refractivity contribution in [2.45, 2.75) is 0 Å². The Hall–Kier alpha value is -3.82. The van der Waals surface area contributed by atoms with Gasteiger partial charge in [-0.2, -0.15) is 5.26 Å². The minimum Gasteiger partial charge on any atom is -0.478 e. The average molecular weight is 393 g/mol. The van der Waals surface area contributed by atoms with Crippen LogP contribution in [0.15, 0.2) is 70.7 Å². The van der Waals surface area contributed by atoms with Gasteiger partial charge in [-0.05, 0) is 48.5 Å². The first-order chi connectivity index (χ1) is 13.5. The number of nitrogens with one attached hydrogen (secondary N) is 1. The molecule has 3 aromatic rings. The van der Waals surface area contributed by atoms with Gasteiger partial charge in [0.2, 0.25) is 0 Å². The van der Waals surface area contributed by atoms with Crippen LogP contribution in [0, 0.1) is 11.3 Å². The predicted octanol–water partition coefficient (Wildman–Crippen LogP) is 4.84. The summed E-state index contributed by atoms with van der Waals surface area (Å²) >= 11 is 5.80. The number of hydrogen-bond donors (Lipinski definition) is 2. The van der Waals surface area contributed by atoms with E-state index in [2.05, 4.69) is 5.32 Å². The third-order valence-corrected chi connectivity index (χ3v) is 4.05. The highest BCUT2D eigenvalue weighted by Gasteiger charge is 2.12. The molecular formula is C21H13ClN2O4. The van der Waals surface area contributed by atoms with Gasteiger partial charge in [-0.25, -0.2) is 4.79 Å². The van der Waals surface area contributed by atoms with Crippen molar-refractivity contribution in [3.05, 3.63) is 82.6 Å². The van der Waals surface area contributed by atoms with Gasteiger partial charge in [-0.3, -0.25) is 4.79 Å². The zero-order valence-electron chi connectivity index (χ0n) is 14.3. The molecule has 3 rings (SSSR count). The van der Waals surface area contributed by atoms with Crippen LogP contribution >= 0.6 is 11.6 Å². The number of benzene rings is 2. The fraction of sp³-hybridized carbons (Fsp3) is 0. The molecule has 2 N–H and O–H groups in total. The van der Waals surface area contributed by atoms with E-state index in [1.165, 1.54) is 18.2 Å². The zero-order chi connectivity index (χ0) is 20.1. The summed E-state index contributed by atoms with van der Waals surface area (Å²) in [4.78, 5) is 23.2. The first kappa shape index (κ1) is 19.0. The monoisotopic (exact) mass is 392 g/mol. The number of amides is 1. The van der Waals surface area contributed by atoms with E-state index in [4.69, 9.17) is 21.1 Å². The van der Waals surface area contributed by atoms with E-state index in [1.54, 1.807) is 48.5 Å². The van der Waals surface area contributed by atoms with E-state index < -0.39 is 11.9 Å². The van der Waals surface area contributed by atoms with Gasteiger partial charge in [0, 0.05) is 22.3 Å². The number of carbonyl (C=O) groups is 2. The summed E-state index contributed by atoms with van der Waals surface area (Å²) in [6.45, 7) is 0. The molecule has 2 aromatic carbocycles. The number of furan rings is 1. The fourth-order valence-electron chi connectivity index (χ4n) is 2.39. The Labute approximate surface area is 165 Å². The van der Waals surface area contributed by atoms with Gasteiger partial charge in [0.15, 0.2) is 0 Å². The lowest BCUT2D eigenvalue weighted by molar-refractivity contribution is -0.112. The van der Waals surface area contributed by atoms with Gasteiger partial charge < -0.3 is 14.8 Å². The van der Waals surface area contributed by atoms with Crippen LogP contribution in [-0.2, 0) is 4.79 Å². The standard InChI is InChI=1S/C21H13ClN2O4/c22-16-5-7-17(8-6-16)24-20(25)15(12-23)11-18-9-10-19(28-18)13-1-3-14(4-2-13)21(26)27/h1-11H,(H,24,25)(H,26,27)/b15-11-. The normalized spacial score (nSPS) is 10.9. The minimum absolute atomic E-state index is 0.128. The van der Waals surface area contributed by atoms with Crippen LogP contribution in [0.2, 0.25) is 5.02 Å². The SMILES string of the molecule is N#C/C(=C/c1ccc(-c2ccc(C(=O)O)cc2)o1)C(=O)Nc1ccc(Cl)cc1. The molecule has 0 aliphatic heterocycles. The Morgan fingerprint density at radius 2 is 1.71 bits per heavy atom. The maximum absolute atomic E-state index is 12.3. The molecule has 6 nitrogen and oxygen atoms in total. The van der Waals surface area contributed by atoms with E-state index in [0.717, 1.165) is 0 Å². The molecule has 28 heavy (non-hydrogen) atoms. The van der Waals surface area contributed by atoms with Gasteiger partial charge in [0.1, 0.15) is 23.2 Å². The summed E-state index contributed by atoms with van der Waals surface area (Å²) in [6.07, 6.45) is 1.33. The quantitative estimate of drug-likeness (QED) is 0.477. The molecule has 0 unspecified atom stereocenters. The van der Waals surface area contributed by atoms with Crippen LogP contribution in [0.25, 0.3) is 17.4 Å². The first-order valence-corrected chi connectivity index (χ1v) is 8.46. The number of nitriles is 1. The molecular weight excluding hydrogens is 380 g/mol. The number of carboxylic acid groups (broad SMARTS) is 1. The molecule has 0 atom stereocenters. The second-order valence-electron chi connectivity index (χ2n) is 5.72. The molecule has 0 aliphatic rings. The number of rotatable bonds is 5. The summed E-state index contributed by atoms with van der Waals surface area (Å²) in [6, 6.07) is 17.8. The Kier molecular flexibility index (Phi) is 5.58. The number of hydrogen-bond acceptors (Lipinski definition) is 4. The van der Waals surface area contributed by atoms with E-state index >= 15 is 0 Å². The van der Waals surface area contributed by atoms with Gasteiger partial charge in [0.25, 0.3) is 5.91 Å². The van der Waals surface area contributed by atoms with Crippen LogP contribution in [0.1, 0.15) is 16.1 Å². The number of anilines is 1. The molecule has 0 aliphatic carbocycles. The van der Waals surface area contributed by atoms with Gasteiger partial charge in [-0.15, -0.1) is 0 Å². The molecule has 0 spiro atoms. The van der Waals surface area contributed by atoms with E-state index in [-0.39, 0.29) is 11.1 Å². The lowest BCUT2D eigenvalue weighted by Crippen LogP contribution is -2.13. The van der Waals surface area contributed by atoms with Crippen molar-refractivity contribution >= 4 is 35.2 Å². The van der Waals surface area contributed by atoms with Crippen molar-refractivity contribution in [3.8, 4) is 17.4 Å². The van der Waals surface area contributed by atoms with E-state index in [0.29, 0.717) is 27.8 Å². The highest BCUT2D eigenvalue weighted by Crippen LogP contribution is 2.24. The lowest BCUT2D eigenvalue weighted by Gasteiger charge is -2.03. The highest BCUT2D eigenvalue weighted by molar-refractivity contribution is 6.30. The number of carboxylic acids is 1. The number of carbonyl (C=O) groups excluding carboxylic acids is 1. The molecule has 0 fully saturated rings. The van der Waals surface area contributed by atoms with Crippen LogP contribution in [0.3, 0.4) is 0 Å². The number of aromatic carboxylic acids is 1. The van der Waals surface area contributed by atoms with Crippen molar-refractivity contribution in [2.24, 2.45) is 0 Å². The topological polar surface area (TPSA) is 103 Å². The Balaban J connectivity index is 1.78. The maximum Gasteiger partial charge on any atom is 0.335 e. The van der Waals surface area contributed by atoms with Crippen molar-refractivity contribution in [1.29, 1.82) is 5.26 Å². The average Bonchev–Trinajstić information content (AvgIpc) is 3.16. The van der Waals surface area contributed by atoms with Crippen molar-refractivity contribution < 1.29 is 19.1 Å². The molecule has 0 bridgehead atoms. The van der Waals surface area contributed by atoms with Crippen molar-refractivity contribution in [1.82, 2.24) is 0 Å². The maximum atomic E-state index is 12.3. The van der Waals surface area contributed by atoms with Crippen LogP contribution < -0.4 is 5.32 Å². The van der Waals surface area contributed by atoms with Gasteiger partial charge >= 0.3 is 5.97 Å². The van der Waals surface area contributed by atoms with Crippen molar-refractivity contribution in [2.75, 3.05) is 5.32 Å². The van der Waals surface area contributed by atoms with Crippen LogP contribution in [0.5, 0.6) is 0 Å². The third kappa shape index (κ3) is 4.47. The summed E-state index contributed by atoms with van der Waals surface area (Å²) < 4.78 is 5.65. The number of halogens is 1. The van der Waals surface area contributed by atoms with E-state index in [1.807, 2.05) is 6.07 Å². The van der Waals surface area contributed by atoms with Gasteiger partial charge in [-0.1, -0.05) is 23.7 Å². The molecule has 1 aromatic heterocycles. The zero-order valence-corrected chi connectivity index (χ0v) is 15.1.